The molecule has 9 heavy (non-hydrogen) atoms. The zero-order valence-electron chi connectivity index (χ0n) is 4.30. The Hall–Kier alpha value is -0.950. The van der Waals surface area contributed by atoms with Crippen LogP contribution < -0.4 is 5.14 Å². The van der Waals surface area contributed by atoms with Gasteiger partial charge in [0.25, 0.3) is 0 Å². The van der Waals surface area contributed by atoms with Crippen LogP contribution in [0.3, 0.4) is 0 Å². The van der Waals surface area contributed by atoms with E-state index in [1.54, 1.807) is 0 Å². The van der Waals surface area contributed by atoms with E-state index in [0.29, 0.717) is 4.20 Å². The predicted octanol–water partition coefficient (Wildman–Crippen LogP) is -1.67. The van der Waals surface area contributed by atoms with E-state index in [9.17, 15) is 8.42 Å². The number of aromatic nitrogens is 3. The van der Waals surface area contributed by atoms with Crippen molar-refractivity contribution in [1.29, 1.82) is 0 Å². The van der Waals surface area contributed by atoms with Gasteiger partial charge in [-0.1, -0.05) is 4.20 Å². The maximum absolute atomic E-state index is 10.3. The monoisotopic (exact) mass is 148 g/mol. The smallest absolute Gasteiger partial charge is 0.208 e. The van der Waals surface area contributed by atoms with Crippen LogP contribution in [0.1, 0.15) is 0 Å². The van der Waals surface area contributed by atoms with E-state index in [0.717, 1.165) is 0 Å². The Morgan fingerprint density at radius 1 is 1.33 bits per heavy atom. The lowest BCUT2D eigenvalue weighted by Crippen LogP contribution is -2.23. The normalized spacial score (nSPS) is 11.7. The first-order valence-electron chi connectivity index (χ1n) is 2.00. The van der Waals surface area contributed by atoms with Crippen molar-refractivity contribution in [2.45, 2.75) is 0 Å². The summed E-state index contributed by atoms with van der Waals surface area (Å²) >= 11 is 0. The molecule has 7 heteroatoms. The van der Waals surface area contributed by atoms with Gasteiger partial charge in [-0.2, -0.15) is 8.42 Å². The van der Waals surface area contributed by atoms with Crippen LogP contribution in [0.15, 0.2) is 12.4 Å². The molecule has 1 aromatic rings. The molecular formula is C2H4N4O2S. The maximum atomic E-state index is 10.3. The van der Waals surface area contributed by atoms with E-state index in [2.05, 4.69) is 15.3 Å². The van der Waals surface area contributed by atoms with Gasteiger partial charge in [-0.3, -0.25) is 0 Å². The molecule has 0 aliphatic rings. The quantitative estimate of drug-likeness (QED) is 0.515. The first-order valence-corrected chi connectivity index (χ1v) is 3.50. The molecule has 0 saturated carbocycles. The Balaban J connectivity index is 3.20. The van der Waals surface area contributed by atoms with Gasteiger partial charge in [-0.15, -0.1) is 10.2 Å². The molecule has 0 unspecified atom stereocenters. The molecule has 0 bridgehead atoms. The van der Waals surface area contributed by atoms with Gasteiger partial charge >= 0.3 is 10.2 Å². The summed E-state index contributed by atoms with van der Waals surface area (Å²) in [5.74, 6) is 0. The third-order valence-electron chi connectivity index (χ3n) is 0.625. The van der Waals surface area contributed by atoms with Crippen molar-refractivity contribution in [2.75, 3.05) is 0 Å². The van der Waals surface area contributed by atoms with Gasteiger partial charge in [0.2, 0.25) is 0 Å². The van der Waals surface area contributed by atoms with Crippen molar-refractivity contribution >= 4 is 10.2 Å². The molecule has 1 aromatic heterocycles. The molecule has 0 saturated heterocycles. The predicted molar refractivity (Wildman–Crippen MR) is 28.5 cm³/mol. The highest BCUT2D eigenvalue weighted by Crippen LogP contribution is 1.78. The lowest BCUT2D eigenvalue weighted by Gasteiger charge is -1.89. The number of nitrogens with two attached hydrogens (primary N) is 1. The Bertz CT molecular complexity index is 274. The highest BCUT2D eigenvalue weighted by molar-refractivity contribution is 7.87. The van der Waals surface area contributed by atoms with Gasteiger partial charge in [-0.05, 0) is 0 Å². The number of hydrogen-bond acceptors (Lipinski definition) is 4. The van der Waals surface area contributed by atoms with E-state index in [1.165, 1.54) is 12.4 Å². The minimum Gasteiger partial charge on any atom is -0.208 e. The van der Waals surface area contributed by atoms with Crippen LogP contribution in [0.4, 0.5) is 0 Å². The fourth-order valence-corrected chi connectivity index (χ4v) is 0.707. The van der Waals surface area contributed by atoms with Gasteiger partial charge in [-0.25, -0.2) is 5.14 Å². The van der Waals surface area contributed by atoms with Crippen LogP contribution in [0.2, 0.25) is 0 Å². The molecule has 2 N–H and O–H groups in total. The summed E-state index contributed by atoms with van der Waals surface area (Å²) in [7, 11) is -3.77. The summed E-state index contributed by atoms with van der Waals surface area (Å²) in [6.07, 6.45) is 2.45. The fraction of sp³-hybridized carbons (Fsp3) is 0. The van der Waals surface area contributed by atoms with Gasteiger partial charge in [0.15, 0.2) is 0 Å². The highest BCUT2D eigenvalue weighted by atomic mass is 32.2. The first kappa shape index (κ1) is 6.17. The van der Waals surface area contributed by atoms with Gasteiger partial charge in [0.1, 0.15) is 0 Å². The summed E-state index contributed by atoms with van der Waals surface area (Å²) in [5, 5.41) is 11.2. The zero-order valence-corrected chi connectivity index (χ0v) is 5.11. The maximum Gasteiger partial charge on any atom is 0.334 e. The Labute approximate surface area is 51.5 Å². The third kappa shape index (κ3) is 1.24. The van der Waals surface area contributed by atoms with E-state index in [4.69, 9.17) is 0 Å². The Kier molecular flexibility index (Phi) is 1.22. The molecule has 50 valence electrons. The number of hydrogen-bond donors (Lipinski definition) is 1. The first-order chi connectivity index (χ1) is 4.11. The average molecular weight is 148 g/mol. The number of nitrogens with zero attached hydrogens (tertiary/aromatic N) is 3. The van der Waals surface area contributed by atoms with Crippen molar-refractivity contribution in [2.24, 2.45) is 5.14 Å². The molecule has 1 rings (SSSR count). The van der Waals surface area contributed by atoms with Crippen LogP contribution in [-0.2, 0) is 10.2 Å². The van der Waals surface area contributed by atoms with Crippen LogP contribution in [0, 0.1) is 0 Å². The van der Waals surface area contributed by atoms with Crippen molar-refractivity contribution in [1.82, 2.24) is 14.4 Å². The summed E-state index contributed by atoms with van der Waals surface area (Å²) in [5.41, 5.74) is 0. The summed E-state index contributed by atoms with van der Waals surface area (Å²) in [6, 6.07) is 0. The van der Waals surface area contributed by atoms with Gasteiger partial charge < -0.3 is 0 Å². The molecule has 6 nitrogen and oxygen atoms in total. The average Bonchev–Trinajstić information content (AvgIpc) is 2.08. The van der Waals surface area contributed by atoms with Crippen molar-refractivity contribution < 1.29 is 8.42 Å². The Morgan fingerprint density at radius 2 is 1.78 bits per heavy atom. The van der Waals surface area contributed by atoms with Crippen LogP contribution in [-0.4, -0.2) is 22.8 Å². The molecule has 0 aromatic carbocycles. The molecule has 0 spiro atoms. The standard InChI is InChI=1S/C2H4N4O2S/c3-9(7,8)6-4-1-2-5-6/h1-2H,(H2,3,7,8). The van der Waals surface area contributed by atoms with Crippen molar-refractivity contribution in [3.63, 3.8) is 0 Å². The molecule has 0 atom stereocenters. The van der Waals surface area contributed by atoms with Crippen LogP contribution in [0.5, 0.6) is 0 Å². The molecule has 0 fully saturated rings. The van der Waals surface area contributed by atoms with Gasteiger partial charge in [0.05, 0.1) is 12.4 Å². The minimum atomic E-state index is -3.77. The largest absolute Gasteiger partial charge is 0.334 e. The van der Waals surface area contributed by atoms with Crippen LogP contribution in [0.25, 0.3) is 0 Å². The van der Waals surface area contributed by atoms with Crippen molar-refractivity contribution in [3.8, 4) is 0 Å². The SMILES string of the molecule is NS(=O)(=O)n1nccn1. The lowest BCUT2D eigenvalue weighted by atomic mass is 11.0. The molecule has 0 aliphatic heterocycles. The van der Waals surface area contributed by atoms with E-state index < -0.39 is 10.2 Å². The zero-order chi connectivity index (χ0) is 6.91. The second kappa shape index (κ2) is 1.78. The Morgan fingerprint density at radius 3 is 2.00 bits per heavy atom. The van der Waals surface area contributed by atoms with Crippen LogP contribution >= 0.6 is 0 Å². The minimum absolute atomic E-state index is 0.438. The van der Waals surface area contributed by atoms with E-state index >= 15 is 0 Å². The molecule has 0 aliphatic carbocycles. The highest BCUT2D eigenvalue weighted by Gasteiger charge is 2.03. The van der Waals surface area contributed by atoms with Crippen molar-refractivity contribution in [3.05, 3.63) is 12.4 Å². The molecule has 0 radical (unpaired) electrons. The molecule has 1 heterocycles. The lowest BCUT2D eigenvalue weighted by molar-refractivity contribution is 0.570. The third-order valence-corrected chi connectivity index (χ3v) is 1.27. The summed E-state index contributed by atoms with van der Waals surface area (Å²) in [4.78, 5) is 0. The second-order valence-electron chi connectivity index (χ2n) is 1.30. The topological polar surface area (TPSA) is 90.9 Å². The summed E-state index contributed by atoms with van der Waals surface area (Å²) in [6.45, 7) is 0. The summed E-state index contributed by atoms with van der Waals surface area (Å²) < 4.78 is 21.1. The number of rotatable bonds is 1. The van der Waals surface area contributed by atoms with Gasteiger partial charge in [0, 0.05) is 0 Å². The fourth-order valence-electron chi connectivity index (χ4n) is 0.335. The second-order valence-corrected chi connectivity index (χ2v) is 2.65. The van der Waals surface area contributed by atoms with E-state index in [-0.39, 0.29) is 0 Å². The molecular weight excluding hydrogens is 144 g/mol. The van der Waals surface area contributed by atoms with E-state index in [1.807, 2.05) is 0 Å². The molecule has 0 amide bonds.